The van der Waals surface area contributed by atoms with Crippen LogP contribution in [0.25, 0.3) is 0 Å². The lowest BCUT2D eigenvalue weighted by molar-refractivity contribution is -0.143. The third-order valence-corrected chi connectivity index (χ3v) is 4.11. The number of hydrogen-bond donors (Lipinski definition) is 3. The Labute approximate surface area is 147 Å². The predicted molar refractivity (Wildman–Crippen MR) is 84.7 cm³/mol. The second-order valence-corrected chi connectivity index (χ2v) is 6.02. The van der Waals surface area contributed by atoms with Crippen molar-refractivity contribution in [3.05, 3.63) is 23.9 Å². The van der Waals surface area contributed by atoms with Gasteiger partial charge in [-0.15, -0.1) is 0 Å². The van der Waals surface area contributed by atoms with Gasteiger partial charge >= 0.3 is 18.2 Å². The van der Waals surface area contributed by atoms with E-state index in [-0.39, 0.29) is 31.0 Å². The van der Waals surface area contributed by atoms with Gasteiger partial charge in [-0.3, -0.25) is 4.79 Å². The monoisotopic (exact) mass is 375 g/mol. The maximum absolute atomic E-state index is 12.4. The topological polar surface area (TPSA) is 101 Å². The van der Waals surface area contributed by atoms with Crippen LogP contribution < -0.4 is 15.4 Å². The molecule has 0 unspecified atom stereocenters. The number of aromatic nitrogens is 1. The SMILES string of the molecule is O=C(NCCOc1ccc(C(F)(F)F)cn1)NC1CCC(C(=O)O)CC1. The molecule has 0 spiro atoms. The van der Waals surface area contributed by atoms with Crippen molar-refractivity contribution in [1.82, 2.24) is 15.6 Å². The number of urea groups is 1. The van der Waals surface area contributed by atoms with E-state index in [1.165, 1.54) is 0 Å². The molecule has 1 aromatic rings. The summed E-state index contributed by atoms with van der Waals surface area (Å²) in [6.45, 7) is 0.205. The van der Waals surface area contributed by atoms with Gasteiger partial charge in [0.25, 0.3) is 0 Å². The zero-order valence-corrected chi connectivity index (χ0v) is 13.9. The predicted octanol–water partition coefficient (Wildman–Crippen LogP) is 2.42. The van der Waals surface area contributed by atoms with Crippen molar-refractivity contribution in [1.29, 1.82) is 0 Å². The molecule has 26 heavy (non-hydrogen) atoms. The van der Waals surface area contributed by atoms with Gasteiger partial charge in [0.15, 0.2) is 0 Å². The maximum atomic E-state index is 12.4. The van der Waals surface area contributed by atoms with Crippen LogP contribution in [-0.4, -0.2) is 41.3 Å². The summed E-state index contributed by atoms with van der Waals surface area (Å²) in [4.78, 5) is 26.2. The highest BCUT2D eigenvalue weighted by Gasteiger charge is 2.30. The van der Waals surface area contributed by atoms with Crippen molar-refractivity contribution in [3.63, 3.8) is 0 Å². The van der Waals surface area contributed by atoms with Gasteiger partial charge in [0.2, 0.25) is 5.88 Å². The standard InChI is InChI=1S/C16H20F3N3O4/c17-16(18,19)11-3-6-13(21-9-11)26-8-7-20-15(25)22-12-4-1-10(2-5-12)14(23)24/h3,6,9-10,12H,1-2,4-5,7-8H2,(H,23,24)(H2,20,22,25). The third kappa shape index (κ3) is 6.08. The average Bonchev–Trinajstić information content (AvgIpc) is 2.59. The van der Waals surface area contributed by atoms with Crippen molar-refractivity contribution >= 4 is 12.0 Å². The van der Waals surface area contributed by atoms with E-state index in [0.717, 1.165) is 12.1 Å². The smallest absolute Gasteiger partial charge is 0.417 e. The van der Waals surface area contributed by atoms with E-state index >= 15 is 0 Å². The summed E-state index contributed by atoms with van der Waals surface area (Å²) in [6.07, 6.45) is -1.49. The number of aliphatic carboxylic acids is 1. The third-order valence-electron chi connectivity index (χ3n) is 4.11. The lowest BCUT2D eigenvalue weighted by atomic mass is 9.86. The Kier molecular flexibility index (Phi) is 6.64. The molecule has 2 amide bonds. The minimum Gasteiger partial charge on any atom is -0.481 e. The van der Waals surface area contributed by atoms with Crippen LogP contribution in [0.4, 0.5) is 18.0 Å². The van der Waals surface area contributed by atoms with Crippen LogP contribution in [0.3, 0.4) is 0 Å². The van der Waals surface area contributed by atoms with Gasteiger partial charge in [-0.25, -0.2) is 9.78 Å². The number of carbonyl (C=O) groups excluding carboxylic acids is 1. The van der Waals surface area contributed by atoms with Crippen LogP contribution in [0.15, 0.2) is 18.3 Å². The van der Waals surface area contributed by atoms with Crippen molar-refractivity contribution in [2.24, 2.45) is 5.92 Å². The molecule has 1 fully saturated rings. The van der Waals surface area contributed by atoms with E-state index in [0.29, 0.717) is 31.9 Å². The van der Waals surface area contributed by atoms with Crippen LogP contribution in [0.2, 0.25) is 0 Å². The van der Waals surface area contributed by atoms with E-state index in [4.69, 9.17) is 9.84 Å². The molecule has 1 saturated carbocycles. The number of carbonyl (C=O) groups is 2. The van der Waals surface area contributed by atoms with E-state index in [1.54, 1.807) is 0 Å². The summed E-state index contributed by atoms with van der Waals surface area (Å²) in [7, 11) is 0. The molecule has 0 aliphatic heterocycles. The number of amides is 2. The molecule has 2 rings (SSSR count). The highest BCUT2D eigenvalue weighted by Crippen LogP contribution is 2.29. The summed E-state index contributed by atoms with van der Waals surface area (Å²) in [5.74, 6) is -1.12. The van der Waals surface area contributed by atoms with Gasteiger partial charge in [0, 0.05) is 18.3 Å². The average molecular weight is 375 g/mol. The summed E-state index contributed by atoms with van der Waals surface area (Å²) in [5.41, 5.74) is -0.861. The van der Waals surface area contributed by atoms with E-state index in [9.17, 15) is 22.8 Å². The Bertz CT molecular complexity index is 614. The first kappa shape index (κ1) is 19.8. The summed E-state index contributed by atoms with van der Waals surface area (Å²) in [5, 5.41) is 14.3. The summed E-state index contributed by atoms with van der Waals surface area (Å²) in [6, 6.07) is 1.52. The van der Waals surface area contributed by atoms with E-state index in [1.807, 2.05) is 0 Å². The lowest BCUT2D eigenvalue weighted by Gasteiger charge is -2.26. The van der Waals surface area contributed by atoms with Gasteiger partial charge in [-0.05, 0) is 31.7 Å². The fraction of sp³-hybridized carbons (Fsp3) is 0.562. The highest BCUT2D eigenvalue weighted by molar-refractivity contribution is 5.74. The molecule has 1 heterocycles. The number of nitrogens with one attached hydrogen (secondary N) is 2. The van der Waals surface area contributed by atoms with Crippen molar-refractivity contribution < 1.29 is 32.6 Å². The summed E-state index contributed by atoms with van der Waals surface area (Å²) < 4.78 is 42.4. The lowest BCUT2D eigenvalue weighted by Crippen LogP contribution is -2.45. The van der Waals surface area contributed by atoms with Gasteiger partial charge < -0.3 is 20.5 Å². The molecule has 0 atom stereocenters. The Balaban J connectivity index is 1.62. The van der Waals surface area contributed by atoms with Crippen LogP contribution >= 0.6 is 0 Å². The number of carboxylic acids is 1. The molecular formula is C16H20F3N3O4. The number of rotatable bonds is 6. The zero-order valence-electron chi connectivity index (χ0n) is 13.9. The first-order valence-corrected chi connectivity index (χ1v) is 8.19. The molecule has 0 aromatic carbocycles. The van der Waals surface area contributed by atoms with Crippen molar-refractivity contribution in [3.8, 4) is 5.88 Å². The number of pyridine rings is 1. The molecule has 0 radical (unpaired) electrons. The van der Waals surface area contributed by atoms with Gasteiger partial charge in [-0.2, -0.15) is 13.2 Å². The molecule has 0 saturated heterocycles. The number of carboxylic acid groups (broad SMARTS) is 1. The Hall–Kier alpha value is -2.52. The second-order valence-electron chi connectivity index (χ2n) is 6.02. The Morgan fingerprint density at radius 2 is 1.92 bits per heavy atom. The molecular weight excluding hydrogens is 355 g/mol. The van der Waals surface area contributed by atoms with Crippen LogP contribution in [0.5, 0.6) is 5.88 Å². The number of ether oxygens (including phenoxy) is 1. The normalized spacial score (nSPS) is 20.3. The van der Waals surface area contributed by atoms with Crippen LogP contribution in [0.1, 0.15) is 31.2 Å². The second kappa shape index (κ2) is 8.72. The number of halogens is 3. The molecule has 1 aliphatic carbocycles. The molecule has 3 N–H and O–H groups in total. The highest BCUT2D eigenvalue weighted by atomic mass is 19.4. The molecule has 7 nitrogen and oxygen atoms in total. The van der Waals surface area contributed by atoms with Gasteiger partial charge in [-0.1, -0.05) is 0 Å². The Morgan fingerprint density at radius 1 is 1.23 bits per heavy atom. The Morgan fingerprint density at radius 3 is 2.46 bits per heavy atom. The quantitative estimate of drug-likeness (QED) is 0.663. The number of nitrogens with zero attached hydrogens (tertiary/aromatic N) is 1. The summed E-state index contributed by atoms with van der Waals surface area (Å²) >= 11 is 0. The van der Waals surface area contributed by atoms with Crippen molar-refractivity contribution in [2.75, 3.05) is 13.2 Å². The molecule has 1 aliphatic rings. The number of hydrogen-bond acceptors (Lipinski definition) is 4. The first-order valence-electron chi connectivity index (χ1n) is 8.19. The van der Waals surface area contributed by atoms with Gasteiger partial charge in [0.1, 0.15) is 6.61 Å². The van der Waals surface area contributed by atoms with Gasteiger partial charge in [0.05, 0.1) is 18.0 Å². The zero-order chi connectivity index (χ0) is 19.2. The number of alkyl halides is 3. The van der Waals surface area contributed by atoms with Crippen molar-refractivity contribution in [2.45, 2.75) is 37.9 Å². The fourth-order valence-electron chi connectivity index (χ4n) is 2.67. The molecule has 144 valence electrons. The van der Waals surface area contributed by atoms with Crippen LogP contribution in [0, 0.1) is 5.92 Å². The molecule has 0 bridgehead atoms. The fourth-order valence-corrected chi connectivity index (χ4v) is 2.67. The molecule has 1 aromatic heterocycles. The largest absolute Gasteiger partial charge is 0.481 e. The molecule has 10 heteroatoms. The van der Waals surface area contributed by atoms with E-state index in [2.05, 4.69) is 15.6 Å². The van der Waals surface area contributed by atoms with E-state index < -0.39 is 23.7 Å². The van der Waals surface area contributed by atoms with Crippen LogP contribution in [-0.2, 0) is 11.0 Å². The maximum Gasteiger partial charge on any atom is 0.417 e. The minimum absolute atomic E-state index is 0.0344. The first-order chi connectivity index (χ1) is 12.3. The minimum atomic E-state index is -4.45.